The Hall–Kier alpha value is -1.57. The van der Waals surface area contributed by atoms with E-state index in [0.29, 0.717) is 5.92 Å². The van der Waals surface area contributed by atoms with Gasteiger partial charge >= 0.3 is 0 Å². The normalized spacial score (nSPS) is 11.2. The summed E-state index contributed by atoms with van der Waals surface area (Å²) in [6.45, 7) is 6.65. The largest absolute Gasteiger partial charge is 0.237 e. The third kappa shape index (κ3) is 4.20. The highest BCUT2D eigenvalue weighted by Crippen LogP contribution is 2.30. The molecule has 114 valence electrons. The van der Waals surface area contributed by atoms with Crippen LogP contribution in [0.15, 0.2) is 36.4 Å². The fraction of sp³-hybridized carbons (Fsp3) is 0.526. The molecular formula is C19H28N2. The van der Waals surface area contributed by atoms with Gasteiger partial charge in [-0.05, 0) is 38.0 Å². The van der Waals surface area contributed by atoms with Crippen molar-refractivity contribution in [1.29, 1.82) is 0 Å². The molecule has 0 fully saturated rings. The number of hydrogen-bond donors (Lipinski definition) is 0. The molecule has 0 saturated heterocycles. The molecule has 2 heteroatoms. The quantitative estimate of drug-likeness (QED) is 0.613. The van der Waals surface area contributed by atoms with Crippen molar-refractivity contribution in [1.82, 2.24) is 9.78 Å². The zero-order valence-electron chi connectivity index (χ0n) is 13.7. The predicted molar refractivity (Wildman–Crippen MR) is 90.1 cm³/mol. The van der Waals surface area contributed by atoms with E-state index in [4.69, 9.17) is 5.10 Å². The van der Waals surface area contributed by atoms with Crippen LogP contribution < -0.4 is 0 Å². The van der Waals surface area contributed by atoms with Crippen LogP contribution in [0.4, 0.5) is 0 Å². The minimum absolute atomic E-state index is 0.631. The number of para-hydroxylation sites is 1. The first kappa shape index (κ1) is 15.8. The Morgan fingerprint density at radius 2 is 1.62 bits per heavy atom. The smallest absolute Gasteiger partial charge is 0.0649 e. The van der Waals surface area contributed by atoms with Crippen LogP contribution >= 0.6 is 0 Å². The molecule has 1 aromatic carbocycles. The molecular weight excluding hydrogens is 256 g/mol. The van der Waals surface area contributed by atoms with Gasteiger partial charge < -0.3 is 0 Å². The van der Waals surface area contributed by atoms with E-state index in [0.717, 1.165) is 5.69 Å². The van der Waals surface area contributed by atoms with E-state index in [-0.39, 0.29) is 0 Å². The summed E-state index contributed by atoms with van der Waals surface area (Å²) in [5.41, 5.74) is 3.69. The Morgan fingerprint density at radius 1 is 1.00 bits per heavy atom. The number of unbranched alkanes of at least 4 members (excludes halogenated alkanes) is 2. The van der Waals surface area contributed by atoms with E-state index in [2.05, 4.69) is 61.9 Å². The third-order valence-electron chi connectivity index (χ3n) is 4.09. The Balaban J connectivity index is 2.31. The lowest BCUT2D eigenvalue weighted by Crippen LogP contribution is -2.08. The van der Waals surface area contributed by atoms with E-state index in [1.165, 1.54) is 49.9 Å². The van der Waals surface area contributed by atoms with Crippen molar-refractivity contribution in [3.63, 3.8) is 0 Å². The molecule has 2 nitrogen and oxygen atoms in total. The Bertz CT molecular complexity index is 520. The summed E-state index contributed by atoms with van der Waals surface area (Å²) < 4.78 is 2.16. The van der Waals surface area contributed by atoms with E-state index in [9.17, 15) is 0 Å². The van der Waals surface area contributed by atoms with Crippen molar-refractivity contribution in [2.45, 2.75) is 65.2 Å². The fourth-order valence-electron chi connectivity index (χ4n) is 2.93. The minimum atomic E-state index is 0.631. The maximum absolute atomic E-state index is 4.73. The van der Waals surface area contributed by atoms with Crippen LogP contribution in [0.25, 0.3) is 5.69 Å². The predicted octanol–water partition coefficient (Wildman–Crippen LogP) is 5.64. The van der Waals surface area contributed by atoms with Crippen LogP contribution in [0.5, 0.6) is 0 Å². The number of aryl methyl sites for hydroxylation is 1. The molecule has 0 N–H and O–H groups in total. The van der Waals surface area contributed by atoms with E-state index < -0.39 is 0 Å². The van der Waals surface area contributed by atoms with Crippen LogP contribution in [0.2, 0.25) is 0 Å². The van der Waals surface area contributed by atoms with Gasteiger partial charge in [-0.3, -0.25) is 0 Å². The molecule has 0 unspecified atom stereocenters. The Morgan fingerprint density at radius 3 is 2.19 bits per heavy atom. The molecule has 2 aromatic rings. The van der Waals surface area contributed by atoms with Gasteiger partial charge in [-0.2, -0.15) is 5.10 Å². The van der Waals surface area contributed by atoms with Gasteiger partial charge in [-0.1, -0.05) is 57.7 Å². The van der Waals surface area contributed by atoms with Crippen molar-refractivity contribution in [3.05, 3.63) is 47.8 Å². The van der Waals surface area contributed by atoms with E-state index in [1.807, 2.05) is 0 Å². The van der Waals surface area contributed by atoms with Crippen LogP contribution in [0, 0.1) is 6.92 Å². The zero-order chi connectivity index (χ0) is 15.1. The molecule has 0 aliphatic heterocycles. The van der Waals surface area contributed by atoms with Gasteiger partial charge in [0.15, 0.2) is 0 Å². The third-order valence-corrected chi connectivity index (χ3v) is 4.09. The standard InChI is InChI=1S/C19H28N2/c1-4-6-11-17(12-7-5-2)19-15-16(3)20-21(19)18-13-9-8-10-14-18/h8-10,13-15,17H,4-7,11-12H2,1-3H3. The van der Waals surface area contributed by atoms with E-state index >= 15 is 0 Å². The molecule has 1 heterocycles. The highest BCUT2D eigenvalue weighted by atomic mass is 15.3. The van der Waals surface area contributed by atoms with Gasteiger partial charge in [-0.15, -0.1) is 0 Å². The highest BCUT2D eigenvalue weighted by molar-refractivity contribution is 5.34. The number of aromatic nitrogens is 2. The first-order valence-corrected chi connectivity index (χ1v) is 8.38. The van der Waals surface area contributed by atoms with Crippen LogP contribution in [-0.4, -0.2) is 9.78 Å². The zero-order valence-corrected chi connectivity index (χ0v) is 13.7. The molecule has 0 spiro atoms. The van der Waals surface area contributed by atoms with Crippen LogP contribution in [0.1, 0.15) is 69.7 Å². The molecule has 0 bridgehead atoms. The minimum Gasteiger partial charge on any atom is -0.237 e. The molecule has 1 aromatic heterocycles. The van der Waals surface area contributed by atoms with Gasteiger partial charge in [0.1, 0.15) is 0 Å². The molecule has 0 radical (unpaired) electrons. The average Bonchev–Trinajstić information content (AvgIpc) is 2.90. The van der Waals surface area contributed by atoms with Gasteiger partial charge in [0, 0.05) is 11.6 Å². The lowest BCUT2D eigenvalue weighted by molar-refractivity contribution is 0.503. The summed E-state index contributed by atoms with van der Waals surface area (Å²) in [6.07, 6.45) is 7.67. The summed E-state index contributed by atoms with van der Waals surface area (Å²) in [6, 6.07) is 12.8. The summed E-state index contributed by atoms with van der Waals surface area (Å²) in [5, 5.41) is 4.73. The Kier molecular flexibility index (Phi) is 6.04. The number of rotatable bonds is 8. The van der Waals surface area contributed by atoms with Gasteiger partial charge in [-0.25, -0.2) is 4.68 Å². The summed E-state index contributed by atoms with van der Waals surface area (Å²) in [5.74, 6) is 0.631. The molecule has 0 saturated carbocycles. The van der Waals surface area contributed by atoms with Crippen molar-refractivity contribution >= 4 is 0 Å². The number of hydrogen-bond acceptors (Lipinski definition) is 1. The van der Waals surface area contributed by atoms with Crippen molar-refractivity contribution in [2.24, 2.45) is 0 Å². The van der Waals surface area contributed by atoms with E-state index in [1.54, 1.807) is 0 Å². The van der Waals surface area contributed by atoms with Crippen LogP contribution in [-0.2, 0) is 0 Å². The average molecular weight is 284 g/mol. The fourth-order valence-corrected chi connectivity index (χ4v) is 2.93. The van der Waals surface area contributed by atoms with Crippen molar-refractivity contribution < 1.29 is 0 Å². The molecule has 2 rings (SSSR count). The molecule has 0 atom stereocenters. The second kappa shape index (κ2) is 8.02. The maximum Gasteiger partial charge on any atom is 0.0649 e. The maximum atomic E-state index is 4.73. The summed E-state index contributed by atoms with van der Waals surface area (Å²) >= 11 is 0. The molecule has 0 amide bonds. The van der Waals surface area contributed by atoms with Gasteiger partial charge in [0.2, 0.25) is 0 Å². The van der Waals surface area contributed by atoms with Crippen LogP contribution in [0.3, 0.4) is 0 Å². The summed E-state index contributed by atoms with van der Waals surface area (Å²) in [7, 11) is 0. The van der Waals surface area contributed by atoms with Gasteiger partial charge in [0.05, 0.1) is 11.4 Å². The topological polar surface area (TPSA) is 17.8 Å². The second-order valence-electron chi connectivity index (χ2n) is 5.94. The van der Waals surface area contributed by atoms with Gasteiger partial charge in [0.25, 0.3) is 0 Å². The molecule has 0 aliphatic carbocycles. The molecule has 21 heavy (non-hydrogen) atoms. The second-order valence-corrected chi connectivity index (χ2v) is 5.94. The SMILES string of the molecule is CCCCC(CCCC)c1cc(C)nn1-c1ccccc1. The molecule has 0 aliphatic rings. The number of nitrogens with zero attached hydrogens (tertiary/aromatic N) is 2. The van der Waals surface area contributed by atoms with Crippen molar-refractivity contribution in [2.75, 3.05) is 0 Å². The lowest BCUT2D eigenvalue weighted by Gasteiger charge is -2.18. The monoisotopic (exact) mass is 284 g/mol. The lowest BCUT2D eigenvalue weighted by atomic mass is 9.92. The number of benzene rings is 1. The highest BCUT2D eigenvalue weighted by Gasteiger charge is 2.17. The first-order valence-electron chi connectivity index (χ1n) is 8.38. The summed E-state index contributed by atoms with van der Waals surface area (Å²) in [4.78, 5) is 0. The van der Waals surface area contributed by atoms with Crippen molar-refractivity contribution in [3.8, 4) is 5.69 Å². The Labute approximate surface area is 129 Å². The first-order chi connectivity index (χ1) is 10.3.